The van der Waals surface area contributed by atoms with Crippen LogP contribution in [0.4, 0.5) is 0 Å². The molecule has 0 unspecified atom stereocenters. The normalized spacial score (nSPS) is 11.4. The van der Waals surface area contributed by atoms with E-state index in [9.17, 15) is 4.79 Å². The molecule has 0 fully saturated rings. The van der Waals surface area contributed by atoms with E-state index in [1.54, 1.807) is 0 Å². The molecule has 2 rings (SSSR count). The third-order valence-corrected chi connectivity index (χ3v) is 3.40. The second-order valence-electron chi connectivity index (χ2n) is 5.23. The van der Waals surface area contributed by atoms with Crippen molar-refractivity contribution in [2.45, 2.75) is 26.2 Å². The molecule has 0 amide bonds. The molecule has 1 aromatic carbocycles. The van der Waals surface area contributed by atoms with Crippen LogP contribution in [0.15, 0.2) is 39.9 Å². The van der Waals surface area contributed by atoms with E-state index in [1.807, 2.05) is 24.3 Å². The van der Waals surface area contributed by atoms with E-state index in [0.717, 1.165) is 0 Å². The van der Waals surface area contributed by atoms with Gasteiger partial charge in [0, 0.05) is 0 Å². The quantitative estimate of drug-likeness (QED) is 0.918. The molecule has 0 bridgehead atoms. The van der Waals surface area contributed by atoms with Crippen LogP contribution in [0.3, 0.4) is 0 Å². The SMILES string of the molecule is CC(C)(C)c1ccc(Oc2nc[nH]c(=O)c2Br)cc1. The van der Waals surface area contributed by atoms with Crippen molar-refractivity contribution in [3.05, 3.63) is 51.0 Å². The van der Waals surface area contributed by atoms with Crippen LogP contribution >= 0.6 is 15.9 Å². The van der Waals surface area contributed by atoms with Gasteiger partial charge < -0.3 is 9.72 Å². The van der Waals surface area contributed by atoms with Crippen LogP contribution < -0.4 is 10.3 Å². The van der Waals surface area contributed by atoms with E-state index in [-0.39, 0.29) is 21.3 Å². The Morgan fingerprint density at radius 2 is 1.84 bits per heavy atom. The highest BCUT2D eigenvalue weighted by atomic mass is 79.9. The zero-order valence-corrected chi connectivity index (χ0v) is 12.6. The predicted molar refractivity (Wildman–Crippen MR) is 77.8 cm³/mol. The van der Waals surface area contributed by atoms with E-state index >= 15 is 0 Å². The maximum atomic E-state index is 11.4. The highest BCUT2D eigenvalue weighted by Gasteiger charge is 2.13. The zero-order chi connectivity index (χ0) is 14.0. The van der Waals surface area contributed by atoms with Gasteiger partial charge in [-0.2, -0.15) is 0 Å². The van der Waals surface area contributed by atoms with Gasteiger partial charge in [-0.1, -0.05) is 32.9 Å². The number of H-pyrrole nitrogens is 1. The molecule has 0 aliphatic carbocycles. The highest BCUT2D eigenvalue weighted by Crippen LogP contribution is 2.27. The minimum absolute atomic E-state index is 0.0985. The third kappa shape index (κ3) is 3.23. The highest BCUT2D eigenvalue weighted by molar-refractivity contribution is 9.10. The molecule has 0 aliphatic rings. The first-order valence-electron chi connectivity index (χ1n) is 5.89. The molecule has 0 saturated heterocycles. The lowest BCUT2D eigenvalue weighted by atomic mass is 9.87. The largest absolute Gasteiger partial charge is 0.438 e. The molecular weight excluding hydrogens is 308 g/mol. The summed E-state index contributed by atoms with van der Waals surface area (Å²) < 4.78 is 5.87. The fourth-order valence-corrected chi connectivity index (χ4v) is 1.87. The average molecular weight is 323 g/mol. The molecule has 0 aliphatic heterocycles. The van der Waals surface area contributed by atoms with E-state index in [0.29, 0.717) is 5.75 Å². The Kier molecular flexibility index (Phi) is 3.75. The van der Waals surface area contributed by atoms with Crippen LogP contribution in [-0.4, -0.2) is 9.97 Å². The van der Waals surface area contributed by atoms with E-state index in [4.69, 9.17) is 4.74 Å². The topological polar surface area (TPSA) is 55.0 Å². The minimum atomic E-state index is -0.267. The van der Waals surface area contributed by atoms with E-state index in [1.165, 1.54) is 11.9 Å². The Balaban J connectivity index is 2.25. The molecule has 4 nitrogen and oxygen atoms in total. The number of hydrogen-bond acceptors (Lipinski definition) is 3. The number of nitrogens with one attached hydrogen (secondary N) is 1. The van der Waals surface area contributed by atoms with Gasteiger partial charge in [-0.25, -0.2) is 4.98 Å². The minimum Gasteiger partial charge on any atom is -0.438 e. The summed E-state index contributed by atoms with van der Waals surface area (Å²) in [5.41, 5.74) is 1.05. The zero-order valence-electron chi connectivity index (χ0n) is 11.0. The molecule has 0 radical (unpaired) electrons. The van der Waals surface area contributed by atoms with Gasteiger partial charge in [0.2, 0.25) is 5.88 Å². The number of benzene rings is 1. The molecule has 0 spiro atoms. The first kappa shape index (κ1) is 13.8. The molecule has 1 N–H and O–H groups in total. The summed E-state index contributed by atoms with van der Waals surface area (Å²) in [7, 11) is 0. The number of halogens is 1. The summed E-state index contributed by atoms with van der Waals surface area (Å²) >= 11 is 3.15. The van der Waals surface area contributed by atoms with Crippen LogP contribution in [0, 0.1) is 0 Å². The van der Waals surface area contributed by atoms with E-state index < -0.39 is 0 Å². The molecule has 2 aromatic rings. The van der Waals surface area contributed by atoms with Gasteiger partial charge in [-0.05, 0) is 39.0 Å². The van der Waals surface area contributed by atoms with Crippen molar-refractivity contribution in [2.75, 3.05) is 0 Å². The summed E-state index contributed by atoms with van der Waals surface area (Å²) in [6, 6.07) is 7.76. The Morgan fingerprint density at radius 3 is 2.42 bits per heavy atom. The summed E-state index contributed by atoms with van der Waals surface area (Å²) in [6.07, 6.45) is 1.31. The van der Waals surface area contributed by atoms with Gasteiger partial charge in [0.05, 0.1) is 6.33 Å². The number of ether oxygens (including phenoxy) is 1. The third-order valence-electron chi connectivity index (χ3n) is 2.70. The number of hydrogen-bond donors (Lipinski definition) is 1. The summed E-state index contributed by atoms with van der Waals surface area (Å²) in [4.78, 5) is 17.8. The van der Waals surface area contributed by atoms with Crippen molar-refractivity contribution in [2.24, 2.45) is 0 Å². The van der Waals surface area contributed by atoms with Crippen LogP contribution in [0.5, 0.6) is 11.6 Å². The Labute approximate surface area is 120 Å². The second-order valence-corrected chi connectivity index (χ2v) is 6.02. The number of nitrogens with zero attached hydrogens (tertiary/aromatic N) is 1. The number of aromatic nitrogens is 2. The summed E-state index contributed by atoms with van der Waals surface area (Å²) in [6.45, 7) is 6.45. The average Bonchev–Trinajstić information content (AvgIpc) is 2.35. The van der Waals surface area contributed by atoms with Gasteiger partial charge >= 0.3 is 0 Å². The van der Waals surface area contributed by atoms with Crippen molar-refractivity contribution in [1.29, 1.82) is 0 Å². The lowest BCUT2D eigenvalue weighted by Crippen LogP contribution is -2.10. The van der Waals surface area contributed by atoms with Crippen molar-refractivity contribution in [3.8, 4) is 11.6 Å². The molecule has 5 heteroatoms. The Hall–Kier alpha value is -1.62. The van der Waals surface area contributed by atoms with Crippen molar-refractivity contribution in [3.63, 3.8) is 0 Å². The van der Waals surface area contributed by atoms with Gasteiger partial charge in [-0.3, -0.25) is 4.79 Å². The van der Waals surface area contributed by atoms with Crippen LogP contribution in [0.2, 0.25) is 0 Å². The van der Waals surface area contributed by atoms with Crippen molar-refractivity contribution >= 4 is 15.9 Å². The predicted octanol–water partition coefficient (Wildman–Crippen LogP) is 3.62. The molecule has 1 heterocycles. The molecular formula is C14H15BrN2O2. The molecule has 1 aromatic heterocycles. The second kappa shape index (κ2) is 5.17. The maximum absolute atomic E-state index is 11.4. The number of aromatic amines is 1. The van der Waals surface area contributed by atoms with Gasteiger partial charge in [0.25, 0.3) is 5.56 Å². The molecule has 0 saturated carbocycles. The van der Waals surface area contributed by atoms with E-state index in [2.05, 4.69) is 46.7 Å². The fraction of sp³-hybridized carbons (Fsp3) is 0.286. The van der Waals surface area contributed by atoms with Gasteiger partial charge in [-0.15, -0.1) is 0 Å². The Bertz CT molecular complexity index is 627. The lowest BCUT2D eigenvalue weighted by molar-refractivity contribution is 0.456. The van der Waals surface area contributed by atoms with Crippen LogP contribution in [0.1, 0.15) is 26.3 Å². The maximum Gasteiger partial charge on any atom is 0.268 e. The fourth-order valence-electron chi connectivity index (χ4n) is 1.57. The molecule has 0 atom stereocenters. The summed E-state index contributed by atoms with van der Waals surface area (Å²) in [5, 5.41) is 0. The number of rotatable bonds is 2. The monoisotopic (exact) mass is 322 g/mol. The Morgan fingerprint density at radius 1 is 1.21 bits per heavy atom. The first-order valence-corrected chi connectivity index (χ1v) is 6.69. The summed E-state index contributed by atoms with van der Waals surface area (Å²) in [5.74, 6) is 0.902. The first-order chi connectivity index (χ1) is 8.88. The smallest absolute Gasteiger partial charge is 0.268 e. The van der Waals surface area contributed by atoms with Gasteiger partial charge in [0.1, 0.15) is 10.2 Å². The van der Waals surface area contributed by atoms with Crippen molar-refractivity contribution in [1.82, 2.24) is 9.97 Å². The van der Waals surface area contributed by atoms with Crippen LogP contribution in [0.25, 0.3) is 0 Å². The van der Waals surface area contributed by atoms with Crippen molar-refractivity contribution < 1.29 is 4.74 Å². The lowest BCUT2D eigenvalue weighted by Gasteiger charge is -2.19. The standard InChI is InChI=1S/C14H15BrN2O2/c1-14(2,3)9-4-6-10(7-5-9)19-13-11(15)12(18)16-8-17-13/h4-8H,1-3H3,(H,16,17,18). The van der Waals surface area contributed by atoms with Crippen LogP contribution in [-0.2, 0) is 5.41 Å². The molecule has 100 valence electrons. The van der Waals surface area contributed by atoms with Gasteiger partial charge in [0.15, 0.2) is 0 Å². The molecule has 19 heavy (non-hydrogen) atoms.